The monoisotopic (exact) mass is 223 g/mol. The minimum Gasteiger partial charge on any atom is -0.274 e. The molecule has 0 saturated carbocycles. The number of aromatic nitrogens is 3. The molecule has 0 fully saturated rings. The summed E-state index contributed by atoms with van der Waals surface area (Å²) in [5.74, 6) is -0.349. The molecule has 1 amide bonds. The first-order valence-corrected chi connectivity index (χ1v) is 4.86. The summed E-state index contributed by atoms with van der Waals surface area (Å²) >= 11 is 1.30. The van der Waals surface area contributed by atoms with E-state index < -0.39 is 5.91 Å². The van der Waals surface area contributed by atoms with Crippen molar-refractivity contribution in [2.75, 3.05) is 14.2 Å². The number of fused-ring (bicyclic) bond motifs is 1. The van der Waals surface area contributed by atoms with Crippen LogP contribution >= 0.6 is 11.3 Å². The number of thiazole rings is 1. The molecule has 2 aromatic heterocycles. The minimum atomic E-state index is -0.410. The Kier molecular flexibility index (Phi) is 2.57. The average Bonchev–Trinajstić information content (AvgIpc) is 2.73. The Labute approximate surface area is 89.5 Å². The molecule has 0 saturated heterocycles. The van der Waals surface area contributed by atoms with Crippen molar-refractivity contribution in [3.05, 3.63) is 17.5 Å². The van der Waals surface area contributed by atoms with E-state index in [1.807, 2.05) is 0 Å². The Morgan fingerprint density at radius 2 is 2.47 bits per heavy atom. The molecule has 0 N–H and O–H groups in total. The topological polar surface area (TPSA) is 68.2 Å². The van der Waals surface area contributed by atoms with Crippen LogP contribution in [0.4, 0.5) is 0 Å². The van der Waals surface area contributed by atoms with E-state index in [0.717, 1.165) is 9.76 Å². The maximum absolute atomic E-state index is 11.6. The van der Waals surface area contributed by atoms with Gasteiger partial charge in [-0.3, -0.25) is 9.63 Å². The molecule has 0 aliphatic carbocycles. The molecule has 1 radical (unpaired) electrons. The minimum absolute atomic E-state index is 0.0613. The van der Waals surface area contributed by atoms with Gasteiger partial charge in [0.25, 0.3) is 0 Å². The van der Waals surface area contributed by atoms with Crippen LogP contribution in [0.2, 0.25) is 0 Å². The maximum atomic E-state index is 11.6. The van der Waals surface area contributed by atoms with Crippen LogP contribution < -0.4 is 0 Å². The number of rotatable bonds is 2. The third kappa shape index (κ3) is 1.79. The van der Waals surface area contributed by atoms with Crippen LogP contribution in [-0.2, 0) is 4.84 Å². The highest BCUT2D eigenvalue weighted by Gasteiger charge is 2.15. The zero-order valence-electron chi connectivity index (χ0n) is 8.09. The molecule has 2 rings (SSSR count). The van der Waals surface area contributed by atoms with Gasteiger partial charge in [-0.15, -0.1) is 11.3 Å². The first-order chi connectivity index (χ1) is 7.22. The van der Waals surface area contributed by atoms with Gasteiger partial charge in [0.05, 0.1) is 18.0 Å². The van der Waals surface area contributed by atoms with Crippen molar-refractivity contribution in [3.63, 3.8) is 0 Å². The van der Waals surface area contributed by atoms with Crippen molar-refractivity contribution in [1.29, 1.82) is 0 Å². The molecule has 0 bridgehead atoms. The molecule has 0 spiro atoms. The Balaban J connectivity index is 2.39. The number of carbonyl (C=O) groups excluding carboxylic acids is 1. The molecule has 0 aliphatic heterocycles. The predicted molar refractivity (Wildman–Crippen MR) is 53.1 cm³/mol. The molecular formula is C8H7N4O2S. The molecule has 15 heavy (non-hydrogen) atoms. The molecule has 2 heterocycles. The number of amides is 1. The van der Waals surface area contributed by atoms with E-state index in [0.29, 0.717) is 5.65 Å². The highest BCUT2D eigenvalue weighted by molar-refractivity contribution is 7.16. The molecule has 6 nitrogen and oxygen atoms in total. The second-order valence-electron chi connectivity index (χ2n) is 2.67. The fourth-order valence-electron chi connectivity index (χ4n) is 0.956. The van der Waals surface area contributed by atoms with Crippen LogP contribution in [0.25, 0.3) is 10.3 Å². The first-order valence-electron chi connectivity index (χ1n) is 4.04. The van der Waals surface area contributed by atoms with Crippen molar-refractivity contribution in [2.24, 2.45) is 0 Å². The Morgan fingerprint density at radius 3 is 3.20 bits per heavy atom. The summed E-state index contributed by atoms with van der Waals surface area (Å²) in [5.41, 5.74) is 3.15. The summed E-state index contributed by atoms with van der Waals surface area (Å²) in [6.45, 7) is 0. The largest absolute Gasteiger partial charge is 0.314 e. The first kappa shape index (κ1) is 9.94. The quantitative estimate of drug-likeness (QED) is 0.694. The van der Waals surface area contributed by atoms with Crippen molar-refractivity contribution in [3.8, 4) is 0 Å². The van der Waals surface area contributed by atoms with Gasteiger partial charge in [0, 0.05) is 7.05 Å². The molecule has 7 heteroatoms. The van der Waals surface area contributed by atoms with Crippen LogP contribution in [-0.4, -0.2) is 40.1 Å². The van der Waals surface area contributed by atoms with Crippen LogP contribution in [0, 0.1) is 5.51 Å². The number of hydrogen-bond acceptors (Lipinski definition) is 6. The molecule has 0 unspecified atom stereocenters. The van der Waals surface area contributed by atoms with E-state index in [1.165, 1.54) is 25.5 Å². The van der Waals surface area contributed by atoms with Gasteiger partial charge in [-0.1, -0.05) is 0 Å². The van der Waals surface area contributed by atoms with Crippen molar-refractivity contribution in [1.82, 2.24) is 20.0 Å². The Morgan fingerprint density at radius 1 is 1.67 bits per heavy atom. The van der Waals surface area contributed by atoms with Gasteiger partial charge in [-0.05, 0) is 0 Å². The summed E-state index contributed by atoms with van der Waals surface area (Å²) in [5, 5.41) is 1.05. The van der Waals surface area contributed by atoms with Gasteiger partial charge in [0.2, 0.25) is 5.82 Å². The normalized spacial score (nSPS) is 10.5. The van der Waals surface area contributed by atoms with E-state index in [4.69, 9.17) is 4.84 Å². The van der Waals surface area contributed by atoms with Crippen molar-refractivity contribution < 1.29 is 9.63 Å². The zero-order valence-corrected chi connectivity index (χ0v) is 8.91. The van der Waals surface area contributed by atoms with E-state index in [-0.39, 0.29) is 5.82 Å². The number of nitrogens with zero attached hydrogens (tertiary/aromatic N) is 4. The summed E-state index contributed by atoms with van der Waals surface area (Å²) in [4.78, 5) is 28.1. The SMILES string of the molecule is CON(C)C(=O)c1ncc2s[c]nc2n1. The Bertz CT molecular complexity index is 498. The highest BCUT2D eigenvalue weighted by atomic mass is 32.1. The summed E-state index contributed by atoms with van der Waals surface area (Å²) in [6.07, 6.45) is 1.55. The maximum Gasteiger partial charge on any atom is 0.314 e. The molecular weight excluding hydrogens is 216 g/mol. The average molecular weight is 223 g/mol. The van der Waals surface area contributed by atoms with Gasteiger partial charge >= 0.3 is 5.91 Å². The highest BCUT2D eigenvalue weighted by Crippen LogP contribution is 2.13. The molecule has 0 aromatic carbocycles. The second-order valence-corrected chi connectivity index (χ2v) is 3.50. The van der Waals surface area contributed by atoms with E-state index >= 15 is 0 Å². The summed E-state index contributed by atoms with van der Waals surface area (Å²) < 4.78 is 0.798. The molecule has 2 aromatic rings. The lowest BCUT2D eigenvalue weighted by atomic mass is 10.5. The van der Waals surface area contributed by atoms with E-state index in [9.17, 15) is 4.79 Å². The van der Waals surface area contributed by atoms with Crippen molar-refractivity contribution in [2.45, 2.75) is 0 Å². The third-order valence-electron chi connectivity index (χ3n) is 1.79. The smallest absolute Gasteiger partial charge is 0.274 e. The second kappa shape index (κ2) is 3.87. The van der Waals surface area contributed by atoms with Gasteiger partial charge in [-0.2, -0.15) is 0 Å². The van der Waals surface area contributed by atoms with Crippen LogP contribution in [0.1, 0.15) is 10.6 Å². The van der Waals surface area contributed by atoms with Gasteiger partial charge in [0.1, 0.15) is 0 Å². The summed E-state index contributed by atoms with van der Waals surface area (Å²) in [6, 6.07) is 0. The number of hydrogen-bond donors (Lipinski definition) is 0. The lowest BCUT2D eigenvalue weighted by Crippen LogP contribution is -2.27. The van der Waals surface area contributed by atoms with Crippen LogP contribution in [0.3, 0.4) is 0 Å². The van der Waals surface area contributed by atoms with Gasteiger partial charge in [-0.25, -0.2) is 20.0 Å². The fourth-order valence-corrected chi connectivity index (χ4v) is 1.47. The fraction of sp³-hybridized carbons (Fsp3) is 0.250. The van der Waals surface area contributed by atoms with Gasteiger partial charge < -0.3 is 0 Å². The molecule has 77 valence electrons. The third-order valence-corrected chi connectivity index (χ3v) is 2.49. The lowest BCUT2D eigenvalue weighted by Gasteiger charge is -2.11. The number of hydroxylamine groups is 2. The molecule has 0 aliphatic rings. The van der Waals surface area contributed by atoms with Crippen molar-refractivity contribution >= 4 is 27.6 Å². The standard InChI is InChI=1S/C8H7N4O2S/c1-12(14-2)8(13)7-9-3-5-6(11-7)10-4-15-5/h3H,1-2H3. The van der Waals surface area contributed by atoms with Crippen LogP contribution in [0.15, 0.2) is 6.20 Å². The predicted octanol–water partition coefficient (Wildman–Crippen LogP) is 0.520. The summed E-state index contributed by atoms with van der Waals surface area (Å²) in [7, 11) is 2.89. The lowest BCUT2D eigenvalue weighted by molar-refractivity contribution is -0.0764. The zero-order chi connectivity index (χ0) is 10.8. The number of carbonyl (C=O) groups is 1. The Hall–Kier alpha value is -1.60. The van der Waals surface area contributed by atoms with E-state index in [1.54, 1.807) is 6.20 Å². The molecule has 0 atom stereocenters. The van der Waals surface area contributed by atoms with Crippen LogP contribution in [0.5, 0.6) is 0 Å². The van der Waals surface area contributed by atoms with E-state index in [2.05, 4.69) is 20.5 Å². The van der Waals surface area contributed by atoms with Gasteiger partial charge in [0.15, 0.2) is 11.2 Å².